The molecule has 0 fully saturated rings. The minimum Gasteiger partial charge on any atom is -0.493 e. The molecule has 0 aliphatic rings. The van der Waals surface area contributed by atoms with Crippen LogP contribution in [-0.2, 0) is 4.79 Å². The second-order valence-electron chi connectivity index (χ2n) is 8.04. The van der Waals surface area contributed by atoms with E-state index in [2.05, 4.69) is 15.5 Å². The third kappa shape index (κ3) is 5.41. The van der Waals surface area contributed by atoms with E-state index in [-0.39, 0.29) is 18.4 Å². The van der Waals surface area contributed by atoms with Gasteiger partial charge in [0, 0.05) is 5.56 Å². The first-order chi connectivity index (χ1) is 17.4. The number of amides is 1. The minimum absolute atomic E-state index is 0.141. The van der Waals surface area contributed by atoms with Crippen molar-refractivity contribution in [3.8, 4) is 45.8 Å². The highest BCUT2D eigenvalue weighted by molar-refractivity contribution is 5.95. The van der Waals surface area contributed by atoms with Crippen LogP contribution in [0.1, 0.15) is 11.1 Å². The number of hydrogen-bond acceptors (Lipinski definition) is 8. The number of carbonyl (C=O) groups is 1. The summed E-state index contributed by atoms with van der Waals surface area (Å²) >= 11 is 0. The molecule has 0 saturated carbocycles. The lowest BCUT2D eigenvalue weighted by atomic mass is 10.1. The molecule has 1 N–H and O–H groups in total. The summed E-state index contributed by atoms with van der Waals surface area (Å²) < 4.78 is 27.4. The number of rotatable bonds is 9. The van der Waals surface area contributed by atoms with E-state index >= 15 is 0 Å². The van der Waals surface area contributed by atoms with Crippen LogP contribution in [0.2, 0.25) is 0 Å². The van der Waals surface area contributed by atoms with Crippen LogP contribution < -0.4 is 24.3 Å². The Morgan fingerprint density at radius 1 is 0.917 bits per heavy atom. The number of hydrogen-bond donors (Lipinski definition) is 1. The summed E-state index contributed by atoms with van der Waals surface area (Å²) in [4.78, 5) is 17.2. The van der Waals surface area contributed by atoms with Gasteiger partial charge < -0.3 is 28.8 Å². The first kappa shape index (κ1) is 24.6. The Balaban J connectivity index is 1.54. The minimum atomic E-state index is -0.314. The van der Waals surface area contributed by atoms with E-state index in [1.165, 1.54) is 21.3 Å². The molecule has 36 heavy (non-hydrogen) atoms. The molecule has 0 unspecified atom stereocenters. The Kier molecular flexibility index (Phi) is 7.39. The van der Waals surface area contributed by atoms with Crippen molar-refractivity contribution >= 4 is 11.6 Å². The lowest BCUT2D eigenvalue weighted by Gasteiger charge is -2.12. The average molecular weight is 490 g/mol. The highest BCUT2D eigenvalue weighted by Crippen LogP contribution is 2.41. The molecule has 9 heteroatoms. The van der Waals surface area contributed by atoms with Gasteiger partial charge in [0.2, 0.25) is 11.6 Å². The van der Waals surface area contributed by atoms with E-state index in [9.17, 15) is 4.79 Å². The first-order valence-electron chi connectivity index (χ1n) is 11.2. The van der Waals surface area contributed by atoms with Crippen molar-refractivity contribution in [2.75, 3.05) is 33.3 Å². The third-order valence-electron chi connectivity index (χ3n) is 5.35. The van der Waals surface area contributed by atoms with E-state index < -0.39 is 0 Å². The average Bonchev–Trinajstić information content (AvgIpc) is 3.36. The molecule has 0 aliphatic carbocycles. The van der Waals surface area contributed by atoms with E-state index in [0.717, 1.165) is 11.1 Å². The van der Waals surface area contributed by atoms with Gasteiger partial charge >= 0.3 is 0 Å². The topological polar surface area (TPSA) is 105 Å². The molecule has 0 aliphatic heterocycles. The van der Waals surface area contributed by atoms with Crippen LogP contribution in [0.25, 0.3) is 22.8 Å². The molecule has 4 aromatic rings. The van der Waals surface area contributed by atoms with Crippen LogP contribution in [0, 0.1) is 13.8 Å². The van der Waals surface area contributed by atoms with Crippen LogP contribution in [0.15, 0.2) is 59.1 Å². The molecule has 0 bridgehead atoms. The smallest absolute Gasteiger partial charge is 0.262 e. The molecule has 186 valence electrons. The van der Waals surface area contributed by atoms with E-state index in [1.54, 1.807) is 30.3 Å². The monoisotopic (exact) mass is 489 g/mol. The zero-order valence-corrected chi connectivity index (χ0v) is 20.7. The lowest BCUT2D eigenvalue weighted by molar-refractivity contribution is -0.118. The van der Waals surface area contributed by atoms with Gasteiger partial charge in [-0.3, -0.25) is 4.79 Å². The maximum Gasteiger partial charge on any atom is 0.262 e. The second-order valence-corrected chi connectivity index (χ2v) is 8.04. The Labute approximate surface area is 209 Å². The zero-order valence-electron chi connectivity index (χ0n) is 20.7. The molecule has 1 aromatic heterocycles. The fraction of sp³-hybridized carbons (Fsp3) is 0.222. The number of carbonyl (C=O) groups excluding carboxylic acids is 1. The third-order valence-corrected chi connectivity index (χ3v) is 5.35. The summed E-state index contributed by atoms with van der Waals surface area (Å²) in [7, 11) is 4.60. The van der Waals surface area contributed by atoms with Crippen molar-refractivity contribution < 1.29 is 28.3 Å². The highest BCUT2D eigenvalue weighted by Gasteiger charge is 2.19. The molecular weight excluding hydrogens is 462 g/mol. The Bertz CT molecular complexity index is 1340. The molecular formula is C27H27N3O6. The standard InChI is InChI=1S/C27H27N3O6/c1-16-10-17(2)12-19(11-16)35-15-24(31)28-21-9-7-6-8-20(21)27-29-26(30-36-27)18-13-22(32-3)25(34-5)23(14-18)33-4/h6-14H,15H2,1-5H3,(H,28,31). The van der Waals surface area contributed by atoms with Gasteiger partial charge in [0.05, 0.1) is 32.6 Å². The van der Waals surface area contributed by atoms with Gasteiger partial charge in [-0.1, -0.05) is 23.4 Å². The van der Waals surface area contributed by atoms with Crippen molar-refractivity contribution in [2.45, 2.75) is 13.8 Å². The SMILES string of the molecule is COc1cc(-c2noc(-c3ccccc3NC(=O)COc3cc(C)cc(C)c3)n2)cc(OC)c1OC. The second kappa shape index (κ2) is 10.8. The summed E-state index contributed by atoms with van der Waals surface area (Å²) in [6.07, 6.45) is 0. The number of benzene rings is 3. The van der Waals surface area contributed by atoms with Gasteiger partial charge in [0.15, 0.2) is 18.1 Å². The van der Waals surface area contributed by atoms with Gasteiger partial charge in [-0.15, -0.1) is 0 Å². The van der Waals surface area contributed by atoms with Crippen molar-refractivity contribution in [3.05, 3.63) is 65.7 Å². The number of anilines is 1. The number of aryl methyl sites for hydroxylation is 2. The summed E-state index contributed by atoms with van der Waals surface area (Å²) in [5.74, 6) is 2.29. The number of nitrogens with zero attached hydrogens (tertiary/aromatic N) is 2. The predicted octanol–water partition coefficient (Wildman–Crippen LogP) is 5.06. The molecule has 0 atom stereocenters. The summed E-state index contributed by atoms with van der Waals surface area (Å²) in [6, 6.07) is 16.4. The van der Waals surface area contributed by atoms with Gasteiger partial charge in [0.1, 0.15) is 5.75 Å². The molecule has 1 amide bonds. The summed E-state index contributed by atoms with van der Waals surface area (Å²) in [6.45, 7) is 3.82. The quantitative estimate of drug-likeness (QED) is 0.348. The normalized spacial score (nSPS) is 10.6. The summed E-state index contributed by atoms with van der Waals surface area (Å²) in [5.41, 5.74) is 3.84. The largest absolute Gasteiger partial charge is 0.493 e. The molecule has 0 saturated heterocycles. The fourth-order valence-electron chi connectivity index (χ4n) is 3.79. The molecule has 9 nitrogen and oxygen atoms in total. The van der Waals surface area contributed by atoms with E-state index in [1.807, 2.05) is 38.1 Å². The molecule has 3 aromatic carbocycles. The van der Waals surface area contributed by atoms with Gasteiger partial charge in [-0.05, 0) is 61.4 Å². The van der Waals surface area contributed by atoms with E-state index in [4.69, 9.17) is 23.5 Å². The number of ether oxygens (including phenoxy) is 4. The van der Waals surface area contributed by atoms with Crippen molar-refractivity contribution in [1.29, 1.82) is 0 Å². The van der Waals surface area contributed by atoms with E-state index in [0.29, 0.717) is 45.6 Å². The lowest BCUT2D eigenvalue weighted by Crippen LogP contribution is -2.20. The number of methoxy groups -OCH3 is 3. The first-order valence-corrected chi connectivity index (χ1v) is 11.2. The van der Waals surface area contributed by atoms with Crippen molar-refractivity contribution in [1.82, 2.24) is 10.1 Å². The van der Waals surface area contributed by atoms with Crippen LogP contribution in [0.5, 0.6) is 23.0 Å². The zero-order chi connectivity index (χ0) is 25.7. The molecule has 0 radical (unpaired) electrons. The van der Waals surface area contributed by atoms with Gasteiger partial charge in [-0.25, -0.2) is 0 Å². The highest BCUT2D eigenvalue weighted by atomic mass is 16.5. The molecule has 0 spiro atoms. The Hall–Kier alpha value is -4.53. The van der Waals surface area contributed by atoms with Gasteiger partial charge in [0.25, 0.3) is 11.8 Å². The van der Waals surface area contributed by atoms with Crippen molar-refractivity contribution in [3.63, 3.8) is 0 Å². The predicted molar refractivity (Wildman–Crippen MR) is 135 cm³/mol. The number of aromatic nitrogens is 2. The van der Waals surface area contributed by atoms with Crippen molar-refractivity contribution in [2.24, 2.45) is 0 Å². The van der Waals surface area contributed by atoms with Crippen LogP contribution in [-0.4, -0.2) is 44.0 Å². The number of para-hydroxylation sites is 1. The van der Waals surface area contributed by atoms with Crippen LogP contribution in [0.4, 0.5) is 5.69 Å². The maximum absolute atomic E-state index is 12.6. The van der Waals surface area contributed by atoms with Gasteiger partial charge in [-0.2, -0.15) is 4.98 Å². The maximum atomic E-state index is 12.6. The molecule has 1 heterocycles. The summed E-state index contributed by atoms with van der Waals surface area (Å²) in [5, 5.41) is 6.97. The molecule has 4 rings (SSSR count). The Morgan fingerprint density at radius 3 is 2.22 bits per heavy atom. The number of nitrogens with one attached hydrogen (secondary N) is 1. The van der Waals surface area contributed by atoms with Crippen LogP contribution in [0.3, 0.4) is 0 Å². The Morgan fingerprint density at radius 2 is 1.58 bits per heavy atom. The van der Waals surface area contributed by atoms with Crippen LogP contribution >= 0.6 is 0 Å². The fourth-order valence-corrected chi connectivity index (χ4v) is 3.79.